The first-order valence-electron chi connectivity index (χ1n) is 8.89. The van der Waals surface area contributed by atoms with E-state index in [-0.39, 0.29) is 6.54 Å². The van der Waals surface area contributed by atoms with Crippen LogP contribution in [0.2, 0.25) is 0 Å². The van der Waals surface area contributed by atoms with Gasteiger partial charge in [-0.2, -0.15) is 0 Å². The average molecular weight is 408 g/mol. The number of amides is 2. The molecule has 8 heteroatoms. The summed E-state index contributed by atoms with van der Waals surface area (Å²) in [7, 11) is 0. The summed E-state index contributed by atoms with van der Waals surface area (Å²) in [5.74, 6) is -6.20. The summed E-state index contributed by atoms with van der Waals surface area (Å²) < 4.78 is 53.0. The zero-order valence-electron chi connectivity index (χ0n) is 15.9. The van der Waals surface area contributed by atoms with Crippen molar-refractivity contribution in [2.45, 2.75) is 20.3 Å². The number of halogens is 4. The van der Waals surface area contributed by atoms with Gasteiger partial charge in [-0.15, -0.1) is 0 Å². The van der Waals surface area contributed by atoms with E-state index in [2.05, 4.69) is 5.32 Å². The molecule has 29 heavy (non-hydrogen) atoms. The molecule has 0 aliphatic heterocycles. The molecule has 0 saturated carbocycles. The van der Waals surface area contributed by atoms with E-state index in [4.69, 9.17) is 0 Å². The maximum Gasteiger partial charge on any atom is 0.247 e. The largest absolute Gasteiger partial charge is 0.330 e. The van der Waals surface area contributed by atoms with Crippen molar-refractivity contribution in [2.24, 2.45) is 0 Å². The molecular weight excluding hydrogens is 388 g/mol. The number of nitrogens with one attached hydrogen (secondary N) is 1. The number of rotatable bonds is 7. The maximum absolute atomic E-state index is 13.7. The fraction of sp³-hybridized carbons (Fsp3) is 0.238. The Morgan fingerprint density at radius 2 is 1.66 bits per heavy atom. The van der Waals surface area contributed by atoms with Crippen molar-refractivity contribution in [2.75, 3.05) is 18.4 Å². The molecule has 2 rings (SSSR count). The minimum Gasteiger partial charge on any atom is -0.330 e. The molecule has 0 aliphatic carbocycles. The van der Waals surface area contributed by atoms with Crippen LogP contribution in [-0.4, -0.2) is 29.8 Å². The summed E-state index contributed by atoms with van der Waals surface area (Å²) in [6.45, 7) is 3.33. The van der Waals surface area contributed by atoms with E-state index in [0.29, 0.717) is 23.6 Å². The van der Waals surface area contributed by atoms with Crippen LogP contribution in [0.5, 0.6) is 0 Å². The van der Waals surface area contributed by atoms with E-state index in [1.54, 1.807) is 6.92 Å². The fourth-order valence-electron chi connectivity index (χ4n) is 2.60. The molecule has 2 aromatic rings. The van der Waals surface area contributed by atoms with Gasteiger partial charge >= 0.3 is 0 Å². The highest BCUT2D eigenvalue weighted by Crippen LogP contribution is 2.20. The molecule has 2 amide bonds. The topological polar surface area (TPSA) is 49.4 Å². The number of benzene rings is 2. The molecular formula is C21H20F4N2O2. The van der Waals surface area contributed by atoms with E-state index in [1.807, 2.05) is 6.92 Å². The Labute approximate surface area is 165 Å². The second kappa shape index (κ2) is 9.86. The second-order valence-corrected chi connectivity index (χ2v) is 6.37. The first-order chi connectivity index (χ1) is 13.7. The Balaban J connectivity index is 2.11. The lowest BCUT2D eigenvalue weighted by molar-refractivity contribution is -0.130. The third-order valence-electron chi connectivity index (χ3n) is 4.09. The lowest BCUT2D eigenvalue weighted by Crippen LogP contribution is -2.37. The zero-order valence-corrected chi connectivity index (χ0v) is 15.9. The van der Waals surface area contributed by atoms with Crippen LogP contribution in [0.4, 0.5) is 23.2 Å². The normalized spacial score (nSPS) is 11.3. The number of carbonyl (C=O) groups is 2. The highest BCUT2D eigenvalue weighted by atomic mass is 19.2. The van der Waals surface area contributed by atoms with Crippen LogP contribution < -0.4 is 5.32 Å². The third kappa shape index (κ3) is 5.91. The molecule has 0 bridgehead atoms. The van der Waals surface area contributed by atoms with Gasteiger partial charge in [-0.3, -0.25) is 9.59 Å². The van der Waals surface area contributed by atoms with Crippen LogP contribution >= 0.6 is 0 Å². The summed E-state index contributed by atoms with van der Waals surface area (Å²) in [6.07, 6.45) is 1.87. The Morgan fingerprint density at radius 3 is 2.28 bits per heavy atom. The Kier molecular flexibility index (Phi) is 7.52. The number of hydrogen-bond acceptors (Lipinski definition) is 2. The average Bonchev–Trinajstić information content (AvgIpc) is 2.68. The van der Waals surface area contributed by atoms with Gasteiger partial charge in [0.2, 0.25) is 11.8 Å². The predicted octanol–water partition coefficient (Wildman–Crippen LogP) is 4.52. The molecule has 0 atom stereocenters. The third-order valence-corrected chi connectivity index (χ3v) is 4.09. The number of hydrogen-bond donors (Lipinski definition) is 1. The molecule has 4 nitrogen and oxygen atoms in total. The van der Waals surface area contributed by atoms with Gasteiger partial charge in [-0.1, -0.05) is 19.1 Å². The molecule has 0 fully saturated rings. The first kappa shape index (κ1) is 22.1. The van der Waals surface area contributed by atoms with Crippen molar-refractivity contribution >= 4 is 23.1 Å². The molecule has 0 unspecified atom stereocenters. The van der Waals surface area contributed by atoms with Crippen LogP contribution in [0.1, 0.15) is 25.8 Å². The molecule has 154 valence electrons. The standard InChI is InChI=1S/C21H20F4N2O2/c1-3-10-27(19(29)11-13(2)14-4-6-15(22)7-5-14)12-18(28)26-17-9-8-16(23)20(24)21(17)25/h4-9,11H,3,10,12H2,1-2H3,(H,26,28)/b13-11-. The molecule has 0 heterocycles. The molecule has 0 aliphatic rings. The molecule has 0 spiro atoms. The van der Waals surface area contributed by atoms with Crippen molar-refractivity contribution < 1.29 is 27.2 Å². The quantitative estimate of drug-likeness (QED) is 0.416. The van der Waals surface area contributed by atoms with Gasteiger partial charge in [-0.25, -0.2) is 17.6 Å². The molecule has 0 aromatic heterocycles. The molecule has 1 N–H and O–H groups in total. The highest BCUT2D eigenvalue weighted by Gasteiger charge is 2.19. The van der Waals surface area contributed by atoms with Gasteiger partial charge < -0.3 is 10.2 Å². The molecule has 2 aromatic carbocycles. The van der Waals surface area contributed by atoms with Gasteiger partial charge in [-0.05, 0) is 48.7 Å². The summed E-state index contributed by atoms with van der Waals surface area (Å²) in [5.41, 5.74) is 0.698. The minimum absolute atomic E-state index is 0.250. The SMILES string of the molecule is CCCN(CC(=O)Nc1ccc(F)c(F)c1F)C(=O)/C=C(/C)c1ccc(F)cc1. The van der Waals surface area contributed by atoms with Gasteiger partial charge in [0.25, 0.3) is 0 Å². The summed E-state index contributed by atoms with van der Waals surface area (Å²) in [5, 5.41) is 2.14. The van der Waals surface area contributed by atoms with Gasteiger partial charge in [0.15, 0.2) is 17.5 Å². The van der Waals surface area contributed by atoms with E-state index in [9.17, 15) is 27.2 Å². The predicted molar refractivity (Wildman–Crippen MR) is 102 cm³/mol. The second-order valence-electron chi connectivity index (χ2n) is 6.37. The summed E-state index contributed by atoms with van der Waals surface area (Å²) in [4.78, 5) is 26.0. The Hall–Kier alpha value is -3.16. The van der Waals surface area contributed by atoms with Crippen LogP contribution in [0.3, 0.4) is 0 Å². The molecule has 0 radical (unpaired) electrons. The first-order valence-corrected chi connectivity index (χ1v) is 8.89. The van der Waals surface area contributed by atoms with Crippen molar-refractivity contribution in [3.63, 3.8) is 0 Å². The molecule has 0 saturated heterocycles. The van der Waals surface area contributed by atoms with Crippen LogP contribution in [0.25, 0.3) is 5.57 Å². The Bertz CT molecular complexity index is 927. The van der Waals surface area contributed by atoms with E-state index < -0.39 is 47.3 Å². The fourth-order valence-corrected chi connectivity index (χ4v) is 2.60. The van der Waals surface area contributed by atoms with Crippen molar-refractivity contribution in [3.05, 3.63) is 71.3 Å². The van der Waals surface area contributed by atoms with Crippen LogP contribution in [-0.2, 0) is 9.59 Å². The number of anilines is 1. The van der Waals surface area contributed by atoms with Crippen LogP contribution in [0, 0.1) is 23.3 Å². The van der Waals surface area contributed by atoms with Gasteiger partial charge in [0.05, 0.1) is 5.69 Å². The van der Waals surface area contributed by atoms with Gasteiger partial charge in [0.1, 0.15) is 12.4 Å². The lowest BCUT2D eigenvalue weighted by Gasteiger charge is -2.20. The smallest absolute Gasteiger partial charge is 0.247 e. The number of allylic oxidation sites excluding steroid dienone is 1. The van der Waals surface area contributed by atoms with E-state index in [0.717, 1.165) is 6.07 Å². The van der Waals surface area contributed by atoms with E-state index >= 15 is 0 Å². The monoisotopic (exact) mass is 408 g/mol. The van der Waals surface area contributed by atoms with E-state index in [1.165, 1.54) is 35.2 Å². The lowest BCUT2D eigenvalue weighted by atomic mass is 10.1. The minimum atomic E-state index is -1.69. The summed E-state index contributed by atoms with van der Waals surface area (Å²) in [6, 6.07) is 7.18. The summed E-state index contributed by atoms with van der Waals surface area (Å²) >= 11 is 0. The van der Waals surface area contributed by atoms with Gasteiger partial charge in [0, 0.05) is 12.6 Å². The van der Waals surface area contributed by atoms with Crippen molar-refractivity contribution in [3.8, 4) is 0 Å². The number of nitrogens with zero attached hydrogens (tertiary/aromatic N) is 1. The highest BCUT2D eigenvalue weighted by molar-refractivity contribution is 5.99. The zero-order chi connectivity index (χ0) is 21.6. The maximum atomic E-state index is 13.7. The van der Waals surface area contributed by atoms with Crippen molar-refractivity contribution in [1.29, 1.82) is 0 Å². The van der Waals surface area contributed by atoms with Crippen molar-refractivity contribution in [1.82, 2.24) is 4.90 Å². The Morgan fingerprint density at radius 1 is 1.00 bits per heavy atom. The number of carbonyl (C=O) groups excluding carboxylic acids is 2. The van der Waals surface area contributed by atoms with Crippen LogP contribution in [0.15, 0.2) is 42.5 Å².